The van der Waals surface area contributed by atoms with Gasteiger partial charge in [0, 0.05) is 32.7 Å². The highest BCUT2D eigenvalue weighted by Gasteiger charge is 2.37. The van der Waals surface area contributed by atoms with Gasteiger partial charge in [0.1, 0.15) is 5.78 Å². The van der Waals surface area contributed by atoms with Crippen LogP contribution in [0.2, 0.25) is 0 Å². The summed E-state index contributed by atoms with van der Waals surface area (Å²) in [6, 6.07) is 2.21. The molecule has 0 atom stereocenters. The third-order valence-electron chi connectivity index (χ3n) is 3.32. The molecule has 1 saturated carbocycles. The first-order chi connectivity index (χ1) is 7.67. The van der Waals surface area contributed by atoms with Crippen molar-refractivity contribution in [3.8, 4) is 6.07 Å². The van der Waals surface area contributed by atoms with Gasteiger partial charge in [-0.3, -0.25) is 4.79 Å². The Kier molecular flexibility index (Phi) is 4.63. The van der Waals surface area contributed by atoms with Crippen molar-refractivity contribution in [3.63, 3.8) is 0 Å². The third kappa shape index (κ3) is 2.89. The van der Waals surface area contributed by atoms with E-state index in [0.29, 0.717) is 19.3 Å². The number of carbonyl (C=O) groups excluding carboxylic acids is 1. The standard InChI is InChI=1S/C12H18N2O2/c1-14-8-5-11(15)10-3-6-12(9-13,16-2)7-4-10/h8,10H,3-7H2,1-2H3. The number of ketones is 1. The summed E-state index contributed by atoms with van der Waals surface area (Å²) in [5.41, 5.74) is -0.657. The first-order valence-electron chi connectivity index (χ1n) is 5.57. The summed E-state index contributed by atoms with van der Waals surface area (Å²) in [5, 5.41) is 9.03. The minimum absolute atomic E-state index is 0.0784. The van der Waals surface area contributed by atoms with Gasteiger partial charge >= 0.3 is 0 Å². The molecule has 0 aromatic carbocycles. The Bertz CT molecular complexity index is 309. The molecule has 0 amide bonds. The molecular formula is C12H18N2O2. The van der Waals surface area contributed by atoms with Crippen molar-refractivity contribution < 1.29 is 9.53 Å². The van der Waals surface area contributed by atoms with Crippen molar-refractivity contribution in [2.45, 2.75) is 37.7 Å². The van der Waals surface area contributed by atoms with Crippen LogP contribution >= 0.6 is 0 Å². The summed E-state index contributed by atoms with van der Waals surface area (Å²) < 4.78 is 5.24. The number of hydrogen-bond donors (Lipinski definition) is 0. The van der Waals surface area contributed by atoms with Crippen LogP contribution in [0.3, 0.4) is 0 Å². The molecule has 0 spiro atoms. The van der Waals surface area contributed by atoms with Crippen molar-refractivity contribution in [1.82, 2.24) is 0 Å². The molecule has 0 N–H and O–H groups in total. The maximum Gasteiger partial charge on any atom is 0.153 e. The van der Waals surface area contributed by atoms with Crippen molar-refractivity contribution in [1.29, 1.82) is 5.26 Å². The molecule has 16 heavy (non-hydrogen) atoms. The van der Waals surface area contributed by atoms with Crippen LogP contribution in [-0.2, 0) is 9.53 Å². The average molecular weight is 222 g/mol. The van der Waals surface area contributed by atoms with E-state index in [2.05, 4.69) is 11.1 Å². The SMILES string of the molecule is CN=CCC(=O)C1CCC(C#N)(OC)CC1. The number of nitriles is 1. The summed E-state index contributed by atoms with van der Waals surface area (Å²) in [4.78, 5) is 15.5. The summed E-state index contributed by atoms with van der Waals surface area (Å²) in [5.74, 6) is 0.308. The van der Waals surface area contributed by atoms with Gasteiger partial charge in [0.2, 0.25) is 0 Å². The van der Waals surface area contributed by atoms with Gasteiger partial charge in [0.05, 0.1) is 6.07 Å². The molecule has 88 valence electrons. The Morgan fingerprint density at radius 3 is 2.69 bits per heavy atom. The van der Waals surface area contributed by atoms with Gasteiger partial charge in [-0.15, -0.1) is 0 Å². The number of hydrogen-bond acceptors (Lipinski definition) is 4. The zero-order valence-corrected chi connectivity index (χ0v) is 9.90. The van der Waals surface area contributed by atoms with Crippen LogP contribution in [0.15, 0.2) is 4.99 Å². The van der Waals surface area contributed by atoms with Crippen LogP contribution in [0, 0.1) is 17.2 Å². The number of nitrogens with zero attached hydrogens (tertiary/aromatic N) is 2. The van der Waals surface area contributed by atoms with Gasteiger partial charge < -0.3 is 9.73 Å². The highest BCUT2D eigenvalue weighted by atomic mass is 16.5. The molecular weight excluding hydrogens is 204 g/mol. The molecule has 0 saturated heterocycles. The van der Waals surface area contributed by atoms with Gasteiger partial charge in [0.25, 0.3) is 0 Å². The zero-order chi connectivity index (χ0) is 12.0. The molecule has 0 aromatic rings. The van der Waals surface area contributed by atoms with Crippen LogP contribution in [0.25, 0.3) is 0 Å². The van der Waals surface area contributed by atoms with Crippen LogP contribution in [0.5, 0.6) is 0 Å². The van der Waals surface area contributed by atoms with Crippen LogP contribution in [-0.4, -0.2) is 31.8 Å². The molecule has 0 aromatic heterocycles. The number of Topliss-reactive ketones (excluding diaryl/α,β-unsaturated/α-hetero) is 1. The molecule has 0 unspecified atom stereocenters. The van der Waals surface area contributed by atoms with Gasteiger partial charge in [-0.2, -0.15) is 5.26 Å². The highest BCUT2D eigenvalue weighted by Crippen LogP contribution is 2.34. The Hall–Kier alpha value is -1.21. The Morgan fingerprint density at radius 2 is 2.25 bits per heavy atom. The quantitative estimate of drug-likeness (QED) is 0.681. The van der Waals surface area contributed by atoms with E-state index in [-0.39, 0.29) is 11.7 Å². The Balaban J connectivity index is 2.49. The first kappa shape index (κ1) is 12.9. The lowest BCUT2D eigenvalue weighted by Gasteiger charge is -2.32. The number of ether oxygens (including phenoxy) is 1. The summed E-state index contributed by atoms with van der Waals surface area (Å²) in [6.45, 7) is 0. The van der Waals surface area contributed by atoms with E-state index < -0.39 is 5.60 Å². The molecule has 0 aliphatic heterocycles. The van der Waals surface area contributed by atoms with Gasteiger partial charge in [-0.1, -0.05) is 0 Å². The highest BCUT2D eigenvalue weighted by molar-refractivity contribution is 5.92. The molecule has 1 fully saturated rings. The molecule has 4 heteroatoms. The molecule has 4 nitrogen and oxygen atoms in total. The lowest BCUT2D eigenvalue weighted by atomic mass is 9.77. The van der Waals surface area contributed by atoms with E-state index in [0.717, 1.165) is 12.8 Å². The lowest BCUT2D eigenvalue weighted by Crippen LogP contribution is -2.36. The van der Waals surface area contributed by atoms with E-state index in [9.17, 15) is 4.79 Å². The fraction of sp³-hybridized carbons (Fsp3) is 0.750. The molecule has 0 radical (unpaired) electrons. The monoisotopic (exact) mass is 222 g/mol. The second kappa shape index (κ2) is 5.76. The first-order valence-corrected chi connectivity index (χ1v) is 5.57. The Morgan fingerprint density at radius 1 is 1.62 bits per heavy atom. The van der Waals surface area contributed by atoms with Crippen molar-refractivity contribution in [2.75, 3.05) is 14.2 Å². The molecule has 0 bridgehead atoms. The van der Waals surface area contributed by atoms with Crippen LogP contribution < -0.4 is 0 Å². The summed E-state index contributed by atoms with van der Waals surface area (Å²) in [7, 11) is 3.23. The van der Waals surface area contributed by atoms with Crippen molar-refractivity contribution in [3.05, 3.63) is 0 Å². The Labute approximate surface area is 96.3 Å². The van der Waals surface area contributed by atoms with Crippen molar-refractivity contribution >= 4 is 12.0 Å². The van der Waals surface area contributed by atoms with E-state index in [1.165, 1.54) is 0 Å². The van der Waals surface area contributed by atoms with E-state index in [1.54, 1.807) is 20.4 Å². The molecule has 1 rings (SSSR count). The van der Waals surface area contributed by atoms with E-state index in [4.69, 9.17) is 10.00 Å². The normalized spacial score (nSPS) is 30.2. The van der Waals surface area contributed by atoms with Gasteiger partial charge in [-0.05, 0) is 25.7 Å². The summed E-state index contributed by atoms with van der Waals surface area (Å²) >= 11 is 0. The molecule has 0 heterocycles. The second-order valence-electron chi connectivity index (χ2n) is 4.20. The fourth-order valence-corrected chi connectivity index (χ4v) is 2.12. The van der Waals surface area contributed by atoms with E-state index >= 15 is 0 Å². The van der Waals surface area contributed by atoms with Crippen LogP contribution in [0.4, 0.5) is 0 Å². The predicted molar refractivity (Wildman–Crippen MR) is 61.4 cm³/mol. The maximum absolute atomic E-state index is 11.7. The minimum atomic E-state index is -0.657. The second-order valence-corrected chi connectivity index (χ2v) is 4.20. The van der Waals surface area contributed by atoms with Gasteiger partial charge in [-0.25, -0.2) is 0 Å². The van der Waals surface area contributed by atoms with Crippen molar-refractivity contribution in [2.24, 2.45) is 10.9 Å². The molecule has 1 aliphatic rings. The lowest BCUT2D eigenvalue weighted by molar-refractivity contribution is -0.124. The van der Waals surface area contributed by atoms with E-state index in [1.807, 2.05) is 0 Å². The number of carbonyl (C=O) groups is 1. The van der Waals surface area contributed by atoms with Crippen LogP contribution in [0.1, 0.15) is 32.1 Å². The smallest absolute Gasteiger partial charge is 0.153 e. The topological polar surface area (TPSA) is 62.5 Å². The maximum atomic E-state index is 11.7. The third-order valence-corrected chi connectivity index (χ3v) is 3.32. The summed E-state index contributed by atoms with van der Waals surface area (Å²) in [6.07, 6.45) is 4.85. The fourth-order valence-electron chi connectivity index (χ4n) is 2.12. The van der Waals surface area contributed by atoms with Gasteiger partial charge in [0.15, 0.2) is 5.60 Å². The molecule has 1 aliphatic carbocycles. The number of methoxy groups -OCH3 is 1. The average Bonchev–Trinajstić information content (AvgIpc) is 2.36. The predicted octanol–water partition coefficient (Wildman–Crippen LogP) is 1.75. The zero-order valence-electron chi connectivity index (χ0n) is 9.90. The number of aliphatic imine (C=N–C) groups is 1. The number of rotatable bonds is 4. The largest absolute Gasteiger partial charge is 0.363 e. The minimum Gasteiger partial charge on any atom is -0.363 e.